The van der Waals surface area contributed by atoms with Crippen LogP contribution in [0.15, 0.2) is 0 Å². The van der Waals surface area contributed by atoms with Crippen LogP contribution < -0.4 is 39.3 Å². The van der Waals surface area contributed by atoms with Crippen LogP contribution in [-0.4, -0.2) is 17.4 Å². The summed E-state index contributed by atoms with van der Waals surface area (Å²) in [6.45, 7) is 0. The van der Waals surface area contributed by atoms with Gasteiger partial charge in [-0.3, -0.25) is 0 Å². The first kappa shape index (κ1) is 15.8. The van der Waals surface area contributed by atoms with Crippen molar-refractivity contribution in [2.45, 2.75) is 0 Å². The SMILES string of the molecule is O=P([O-])([O-])F.[Al+3].[Na+]. The van der Waals surface area contributed by atoms with Crippen LogP contribution in [0.5, 0.6) is 0 Å². The summed E-state index contributed by atoms with van der Waals surface area (Å²) < 4.78 is 18.6. The molecule has 0 fully saturated rings. The van der Waals surface area contributed by atoms with E-state index in [2.05, 4.69) is 0 Å². The fourth-order valence-electron chi connectivity index (χ4n) is 0. The van der Waals surface area contributed by atoms with Crippen LogP contribution in [0.3, 0.4) is 0 Å². The summed E-state index contributed by atoms with van der Waals surface area (Å²) in [7, 11) is -5.64. The second kappa shape index (κ2) is 5.74. The number of rotatable bonds is 0. The maximum atomic E-state index is 10.1. The molecule has 3 nitrogen and oxygen atoms in total. The van der Waals surface area contributed by atoms with Gasteiger partial charge in [0.2, 0.25) is 0 Å². The Morgan fingerprint density at radius 2 is 1.43 bits per heavy atom. The first-order valence-corrected chi connectivity index (χ1v) is 2.15. The van der Waals surface area contributed by atoms with E-state index < -0.39 is 7.91 Å². The van der Waals surface area contributed by atoms with Crippen LogP contribution in [0.25, 0.3) is 0 Å². The Kier molecular flexibility index (Phi) is 13.0. The fourth-order valence-corrected chi connectivity index (χ4v) is 0. The van der Waals surface area contributed by atoms with Gasteiger partial charge in [0.05, 0.1) is 0 Å². The molecule has 0 radical (unpaired) electrons. The van der Waals surface area contributed by atoms with Gasteiger partial charge < -0.3 is 14.4 Å². The Hall–Kier alpha value is 1.61. The molecule has 0 aliphatic carbocycles. The Morgan fingerprint density at radius 1 is 1.43 bits per heavy atom. The van der Waals surface area contributed by atoms with Crippen LogP contribution >= 0.6 is 7.91 Å². The zero-order valence-corrected chi connectivity index (χ0v) is 7.68. The summed E-state index contributed by atoms with van der Waals surface area (Å²) in [6.07, 6.45) is 0. The molecule has 7 heavy (non-hydrogen) atoms. The maximum absolute atomic E-state index is 10.1. The van der Waals surface area contributed by atoms with Crippen molar-refractivity contribution in [3.05, 3.63) is 0 Å². The predicted octanol–water partition coefficient (Wildman–Crippen LogP) is -4.59. The molecule has 0 aliphatic heterocycles. The van der Waals surface area contributed by atoms with Crippen molar-refractivity contribution in [3.63, 3.8) is 0 Å². The van der Waals surface area contributed by atoms with Gasteiger partial charge in [-0.25, -0.2) is 4.20 Å². The van der Waals surface area contributed by atoms with Gasteiger partial charge >= 0.3 is 46.9 Å². The van der Waals surface area contributed by atoms with Crippen LogP contribution in [0.1, 0.15) is 0 Å². The second-order valence-electron chi connectivity index (χ2n) is 0.431. The zero-order chi connectivity index (χ0) is 4.50. The van der Waals surface area contributed by atoms with E-state index in [-0.39, 0.29) is 46.9 Å². The quantitative estimate of drug-likeness (QED) is 0.256. The van der Waals surface area contributed by atoms with E-state index in [4.69, 9.17) is 14.4 Å². The molecule has 0 rings (SSSR count). The molecular weight excluding hydrogens is 148 g/mol. The molecule has 0 aromatic heterocycles. The van der Waals surface area contributed by atoms with Gasteiger partial charge in [-0.2, -0.15) is 0 Å². The minimum Gasteiger partial charge on any atom is -0.786 e. The van der Waals surface area contributed by atoms with Crippen molar-refractivity contribution in [3.8, 4) is 0 Å². The van der Waals surface area contributed by atoms with Crippen molar-refractivity contribution in [1.82, 2.24) is 0 Å². The molecule has 0 unspecified atom stereocenters. The molecule has 0 saturated carbocycles. The normalized spacial score (nSPS) is 8.43. The van der Waals surface area contributed by atoms with Crippen molar-refractivity contribution in [1.29, 1.82) is 0 Å². The molecule has 0 aromatic carbocycles. The van der Waals surface area contributed by atoms with Crippen LogP contribution in [-0.2, 0) is 4.57 Å². The molecule has 0 atom stereocenters. The summed E-state index contributed by atoms with van der Waals surface area (Å²) >= 11 is 0. The van der Waals surface area contributed by atoms with Gasteiger partial charge in [0, 0.05) is 0 Å². The number of hydrogen-bond donors (Lipinski definition) is 0. The monoisotopic (exact) mass is 148 g/mol. The van der Waals surface area contributed by atoms with E-state index in [1.165, 1.54) is 0 Å². The summed E-state index contributed by atoms with van der Waals surface area (Å²) in [4.78, 5) is 16.9. The summed E-state index contributed by atoms with van der Waals surface area (Å²) in [6, 6.07) is 0. The Bertz CT molecular complexity index is 61.1. The second-order valence-corrected chi connectivity index (χ2v) is 1.29. The van der Waals surface area contributed by atoms with Crippen molar-refractivity contribution < 1.29 is 48.1 Å². The molecule has 0 spiro atoms. The van der Waals surface area contributed by atoms with Crippen molar-refractivity contribution in [2.75, 3.05) is 0 Å². The third kappa shape index (κ3) is 92.2. The minimum absolute atomic E-state index is 0. The van der Waals surface area contributed by atoms with Gasteiger partial charge in [-0.1, -0.05) is 0 Å². The van der Waals surface area contributed by atoms with Gasteiger partial charge in [0.25, 0.3) is 0 Å². The van der Waals surface area contributed by atoms with E-state index >= 15 is 0 Å². The van der Waals surface area contributed by atoms with Gasteiger partial charge in [0.1, 0.15) is 7.91 Å². The first-order valence-electron chi connectivity index (χ1n) is 0.717. The van der Waals surface area contributed by atoms with Gasteiger partial charge in [0.15, 0.2) is 0 Å². The maximum Gasteiger partial charge on any atom is 3.00 e. The molecule has 0 saturated heterocycles. The van der Waals surface area contributed by atoms with Crippen molar-refractivity contribution >= 4 is 25.3 Å². The average molecular weight is 148 g/mol. The number of halogens is 1. The smallest absolute Gasteiger partial charge is 0.786 e. The van der Waals surface area contributed by atoms with E-state index in [0.717, 1.165) is 0 Å². The molecule has 0 heterocycles. The van der Waals surface area contributed by atoms with E-state index in [1.807, 2.05) is 0 Å². The Morgan fingerprint density at radius 3 is 1.43 bits per heavy atom. The summed E-state index contributed by atoms with van der Waals surface area (Å²) in [5.74, 6) is 0. The van der Waals surface area contributed by atoms with Crippen LogP contribution in [0, 0.1) is 0 Å². The average Bonchev–Trinajstić information content (AvgIpc) is 0.722. The topological polar surface area (TPSA) is 63.2 Å². The Labute approximate surface area is 73.0 Å². The minimum atomic E-state index is -5.64. The largest absolute Gasteiger partial charge is 3.00 e. The van der Waals surface area contributed by atoms with E-state index in [1.54, 1.807) is 0 Å². The summed E-state index contributed by atoms with van der Waals surface area (Å²) in [5.41, 5.74) is 0. The summed E-state index contributed by atoms with van der Waals surface area (Å²) in [5, 5.41) is 0. The number of hydrogen-bond acceptors (Lipinski definition) is 3. The van der Waals surface area contributed by atoms with E-state index in [0.29, 0.717) is 0 Å². The first-order chi connectivity index (χ1) is 2.00. The predicted molar refractivity (Wildman–Crippen MR) is 14.5 cm³/mol. The van der Waals surface area contributed by atoms with Crippen molar-refractivity contribution in [2.24, 2.45) is 0 Å². The molecule has 32 valence electrons. The standard InChI is InChI=1S/Al.FH2O3P.Na/c;1-5(2,3)4;/h;(H2,2,3,4);/q+3;;+1/p-2. The Balaban J connectivity index is -0.0000000800. The molecular formula is AlFNaO3P+2. The fraction of sp³-hybridized carbons (Fsp3) is 0. The molecule has 0 bridgehead atoms. The molecule has 7 heteroatoms. The third-order valence-electron chi connectivity index (χ3n) is 0. The zero-order valence-electron chi connectivity index (χ0n) is 3.63. The van der Waals surface area contributed by atoms with Gasteiger partial charge in [-0.05, 0) is 0 Å². The molecule has 0 aromatic rings. The van der Waals surface area contributed by atoms with E-state index in [9.17, 15) is 4.20 Å². The van der Waals surface area contributed by atoms with Crippen LogP contribution in [0.4, 0.5) is 4.20 Å². The molecule has 0 amide bonds. The molecule has 0 aliphatic rings. The molecule has 0 N–H and O–H groups in total. The van der Waals surface area contributed by atoms with Crippen LogP contribution in [0.2, 0.25) is 0 Å². The third-order valence-corrected chi connectivity index (χ3v) is 0. The van der Waals surface area contributed by atoms with Gasteiger partial charge in [-0.15, -0.1) is 0 Å².